The van der Waals surface area contributed by atoms with Crippen LogP contribution in [-0.4, -0.2) is 45.4 Å². The van der Waals surface area contributed by atoms with Gasteiger partial charge in [0.15, 0.2) is 11.5 Å². The third-order valence-corrected chi connectivity index (χ3v) is 4.19. The summed E-state index contributed by atoms with van der Waals surface area (Å²) in [5.41, 5.74) is -1.84. The summed E-state index contributed by atoms with van der Waals surface area (Å²) in [6, 6.07) is 0. The molecule has 1 aromatic rings. The van der Waals surface area contributed by atoms with Crippen LogP contribution in [0.25, 0.3) is 0 Å². The van der Waals surface area contributed by atoms with E-state index in [2.05, 4.69) is 4.98 Å². The minimum absolute atomic E-state index is 0.257. The number of hydrogen-bond acceptors (Lipinski definition) is 6. The van der Waals surface area contributed by atoms with Gasteiger partial charge in [0.05, 0.1) is 6.61 Å². The molecule has 122 valence electrons. The molecular formula is C14H20N2O6. The highest BCUT2D eigenvalue weighted by Gasteiger charge is 2.62. The van der Waals surface area contributed by atoms with E-state index in [1.165, 1.54) is 10.8 Å². The second-order valence-corrected chi connectivity index (χ2v) is 6.36. The van der Waals surface area contributed by atoms with Gasteiger partial charge in [-0.25, -0.2) is 4.79 Å². The molecule has 0 spiro atoms. The molecule has 8 nitrogen and oxygen atoms in total. The van der Waals surface area contributed by atoms with Crippen LogP contribution in [0.15, 0.2) is 15.8 Å². The van der Waals surface area contributed by atoms with E-state index in [9.17, 15) is 14.7 Å². The van der Waals surface area contributed by atoms with Gasteiger partial charge >= 0.3 is 5.69 Å². The molecule has 2 aliphatic rings. The Balaban J connectivity index is 2.11. The van der Waals surface area contributed by atoms with Gasteiger partial charge in [-0.3, -0.25) is 14.3 Å². The Hall–Kier alpha value is -1.48. The average Bonchev–Trinajstić information content (AvgIpc) is 2.87. The number of aromatic amines is 1. The number of aliphatic hydroxyl groups excluding tert-OH is 1. The maximum Gasteiger partial charge on any atom is 0.330 e. The third kappa shape index (κ3) is 2.14. The molecule has 8 heteroatoms. The Morgan fingerprint density at radius 2 is 1.95 bits per heavy atom. The van der Waals surface area contributed by atoms with Crippen LogP contribution in [0.3, 0.4) is 0 Å². The predicted molar refractivity (Wildman–Crippen MR) is 75.5 cm³/mol. The molecule has 0 unspecified atom stereocenters. The monoisotopic (exact) mass is 312 g/mol. The molecule has 0 aromatic carbocycles. The summed E-state index contributed by atoms with van der Waals surface area (Å²) in [5.74, 6) is -0.839. The Kier molecular flexibility index (Phi) is 3.33. The summed E-state index contributed by atoms with van der Waals surface area (Å²) in [6.45, 7) is 6.56. The van der Waals surface area contributed by atoms with E-state index < -0.39 is 41.1 Å². The molecule has 0 amide bonds. The molecule has 0 bridgehead atoms. The number of ether oxygens (including phenoxy) is 3. The van der Waals surface area contributed by atoms with E-state index >= 15 is 0 Å². The molecule has 0 aliphatic carbocycles. The molecule has 2 fully saturated rings. The first-order chi connectivity index (χ1) is 10.2. The Morgan fingerprint density at radius 1 is 1.27 bits per heavy atom. The molecule has 1 aromatic heterocycles. The largest absolute Gasteiger partial charge is 0.394 e. The zero-order valence-corrected chi connectivity index (χ0v) is 13.0. The lowest BCUT2D eigenvalue weighted by Crippen LogP contribution is -2.50. The molecule has 4 atom stereocenters. The number of aryl methyl sites for hydroxylation is 1. The van der Waals surface area contributed by atoms with Crippen LogP contribution in [0.4, 0.5) is 0 Å². The van der Waals surface area contributed by atoms with Gasteiger partial charge in [0, 0.05) is 11.8 Å². The summed E-state index contributed by atoms with van der Waals surface area (Å²) >= 11 is 0. The molecule has 3 rings (SSSR count). The normalized spacial score (nSPS) is 36.5. The van der Waals surface area contributed by atoms with Gasteiger partial charge in [-0.05, 0) is 27.7 Å². The zero-order valence-electron chi connectivity index (χ0n) is 13.0. The van der Waals surface area contributed by atoms with E-state index in [4.69, 9.17) is 14.2 Å². The number of H-pyrrole nitrogens is 1. The number of aliphatic hydroxyl groups is 1. The van der Waals surface area contributed by atoms with Gasteiger partial charge in [0.2, 0.25) is 0 Å². The fraction of sp³-hybridized carbons (Fsp3) is 0.714. The minimum atomic E-state index is -1.18. The Bertz CT molecular complexity index is 708. The average molecular weight is 312 g/mol. The van der Waals surface area contributed by atoms with Crippen molar-refractivity contribution in [3.05, 3.63) is 32.6 Å². The first kappa shape index (κ1) is 15.4. The maximum atomic E-state index is 12.2. The van der Waals surface area contributed by atoms with E-state index in [1.807, 2.05) is 0 Å². The summed E-state index contributed by atoms with van der Waals surface area (Å²) in [5, 5.41) is 9.52. The molecule has 22 heavy (non-hydrogen) atoms. The Labute approximate surface area is 126 Å². The van der Waals surface area contributed by atoms with E-state index in [0.717, 1.165) is 0 Å². The standard InChI is InChI=1S/C14H20N2O6/c1-7-5-16(12(19)15-11(7)18)14(4)10-9(8(6-17)20-14)21-13(2,3)22-10/h5,8-10,17H,6H2,1-4H3,(H,15,18,19)/t8-,9-,10-,14-/m1/s1. The summed E-state index contributed by atoms with van der Waals surface area (Å²) in [4.78, 5) is 26.0. The van der Waals surface area contributed by atoms with Crippen LogP contribution < -0.4 is 11.2 Å². The number of hydrogen-bond donors (Lipinski definition) is 2. The molecule has 2 aliphatic heterocycles. The molecule has 0 radical (unpaired) electrons. The topological polar surface area (TPSA) is 103 Å². The van der Waals surface area contributed by atoms with Crippen molar-refractivity contribution in [3.63, 3.8) is 0 Å². The molecule has 3 heterocycles. The van der Waals surface area contributed by atoms with Crippen LogP contribution in [0.5, 0.6) is 0 Å². The van der Waals surface area contributed by atoms with E-state index in [0.29, 0.717) is 5.56 Å². The van der Waals surface area contributed by atoms with Gasteiger partial charge in [-0.2, -0.15) is 0 Å². The van der Waals surface area contributed by atoms with Crippen molar-refractivity contribution in [2.24, 2.45) is 0 Å². The van der Waals surface area contributed by atoms with Gasteiger partial charge in [0.25, 0.3) is 5.56 Å². The van der Waals surface area contributed by atoms with Crippen LogP contribution >= 0.6 is 0 Å². The van der Waals surface area contributed by atoms with Crippen molar-refractivity contribution in [3.8, 4) is 0 Å². The van der Waals surface area contributed by atoms with Crippen molar-refractivity contribution in [2.75, 3.05) is 6.61 Å². The number of aromatic nitrogens is 2. The van der Waals surface area contributed by atoms with E-state index in [1.54, 1.807) is 27.7 Å². The van der Waals surface area contributed by atoms with Crippen molar-refractivity contribution in [1.29, 1.82) is 0 Å². The van der Waals surface area contributed by atoms with Crippen LogP contribution in [0, 0.1) is 6.92 Å². The molecular weight excluding hydrogens is 292 g/mol. The summed E-state index contributed by atoms with van der Waals surface area (Å²) in [7, 11) is 0. The molecule has 2 saturated heterocycles. The summed E-state index contributed by atoms with van der Waals surface area (Å²) in [6.07, 6.45) is -0.255. The number of nitrogens with one attached hydrogen (secondary N) is 1. The number of rotatable bonds is 2. The predicted octanol–water partition coefficient (Wildman–Crippen LogP) is -0.571. The first-order valence-electron chi connectivity index (χ1n) is 7.15. The van der Waals surface area contributed by atoms with Crippen LogP contribution in [-0.2, 0) is 19.9 Å². The van der Waals surface area contributed by atoms with Crippen molar-refractivity contribution in [2.45, 2.75) is 57.5 Å². The van der Waals surface area contributed by atoms with Crippen molar-refractivity contribution >= 4 is 0 Å². The van der Waals surface area contributed by atoms with Gasteiger partial charge in [-0.1, -0.05) is 0 Å². The number of nitrogens with zero attached hydrogens (tertiary/aromatic N) is 1. The van der Waals surface area contributed by atoms with Gasteiger partial charge in [-0.15, -0.1) is 0 Å². The van der Waals surface area contributed by atoms with Crippen LogP contribution in [0.1, 0.15) is 26.3 Å². The summed E-state index contributed by atoms with van der Waals surface area (Å²) < 4.78 is 18.8. The Morgan fingerprint density at radius 3 is 2.59 bits per heavy atom. The smallest absolute Gasteiger partial charge is 0.330 e. The highest BCUT2D eigenvalue weighted by molar-refractivity contribution is 5.08. The van der Waals surface area contributed by atoms with Gasteiger partial charge in [0.1, 0.15) is 18.3 Å². The lowest BCUT2D eigenvalue weighted by molar-refractivity contribution is -0.230. The van der Waals surface area contributed by atoms with Crippen LogP contribution in [0.2, 0.25) is 0 Å². The van der Waals surface area contributed by atoms with Gasteiger partial charge < -0.3 is 19.3 Å². The van der Waals surface area contributed by atoms with Crippen molar-refractivity contribution < 1.29 is 19.3 Å². The SMILES string of the molecule is Cc1cn([C@]2(C)O[C@H](CO)[C@H]3OC(C)(C)O[C@H]32)c(=O)[nH]c1=O. The zero-order chi connectivity index (χ0) is 16.3. The fourth-order valence-electron chi connectivity index (χ4n) is 3.15. The molecule has 0 saturated carbocycles. The lowest BCUT2D eigenvalue weighted by atomic mass is 10.0. The molecule has 2 N–H and O–H groups in total. The fourth-order valence-corrected chi connectivity index (χ4v) is 3.15. The third-order valence-electron chi connectivity index (χ3n) is 4.19. The quantitative estimate of drug-likeness (QED) is 0.758. The first-order valence-corrected chi connectivity index (χ1v) is 7.15. The second kappa shape index (κ2) is 4.76. The lowest BCUT2D eigenvalue weighted by Gasteiger charge is -2.32. The van der Waals surface area contributed by atoms with E-state index in [-0.39, 0.29) is 6.61 Å². The second-order valence-electron chi connectivity index (χ2n) is 6.36. The minimum Gasteiger partial charge on any atom is -0.394 e. The maximum absolute atomic E-state index is 12.2. The highest BCUT2D eigenvalue weighted by atomic mass is 16.8. The number of fused-ring (bicyclic) bond motifs is 1. The highest BCUT2D eigenvalue weighted by Crippen LogP contribution is 2.45. The van der Waals surface area contributed by atoms with Crippen molar-refractivity contribution in [1.82, 2.24) is 9.55 Å².